The molecule has 4 amide bonds. The first-order chi connectivity index (χ1) is 17.3. The highest BCUT2D eigenvalue weighted by atomic mass is 35.5. The van der Waals surface area contributed by atoms with Crippen LogP contribution in [0.4, 0.5) is 10.5 Å². The van der Waals surface area contributed by atoms with Gasteiger partial charge in [-0.2, -0.15) is 0 Å². The third kappa shape index (κ3) is 5.05. The fourth-order valence-corrected chi connectivity index (χ4v) is 3.76. The van der Waals surface area contributed by atoms with Crippen molar-refractivity contribution in [3.63, 3.8) is 0 Å². The Morgan fingerprint density at radius 2 is 1.86 bits per heavy atom. The van der Waals surface area contributed by atoms with E-state index in [9.17, 15) is 19.2 Å². The van der Waals surface area contributed by atoms with E-state index < -0.39 is 23.8 Å². The lowest BCUT2D eigenvalue weighted by Crippen LogP contribution is -2.54. The van der Waals surface area contributed by atoms with Crippen molar-refractivity contribution < 1.29 is 42.9 Å². The first kappa shape index (κ1) is 24.9. The van der Waals surface area contributed by atoms with Crippen LogP contribution in [-0.2, 0) is 19.1 Å². The normalized spacial score (nSPS) is 15.7. The molecule has 0 spiro atoms. The molecule has 0 radical (unpaired) electrons. The van der Waals surface area contributed by atoms with Crippen LogP contribution in [0, 0.1) is 0 Å². The number of esters is 1. The van der Waals surface area contributed by atoms with Crippen LogP contribution >= 0.6 is 11.6 Å². The molecule has 188 valence electrons. The Balaban J connectivity index is 1.65. The highest BCUT2D eigenvalue weighted by molar-refractivity contribution is 6.39. The largest absolute Gasteiger partial charge is 0.490 e. The fourth-order valence-electron chi connectivity index (χ4n) is 3.49. The molecule has 2 aromatic rings. The Labute approximate surface area is 210 Å². The van der Waals surface area contributed by atoms with E-state index in [1.807, 2.05) is 0 Å². The number of ether oxygens (including phenoxy) is 5. The number of halogens is 1. The summed E-state index contributed by atoms with van der Waals surface area (Å²) in [6.07, 6.45) is 1.27. The molecule has 0 saturated carbocycles. The van der Waals surface area contributed by atoms with E-state index in [2.05, 4.69) is 5.32 Å². The maximum atomic E-state index is 13.2. The Bertz CT molecular complexity index is 1270. The lowest BCUT2D eigenvalue weighted by molar-refractivity contribution is -0.145. The highest BCUT2D eigenvalue weighted by Crippen LogP contribution is 2.38. The second kappa shape index (κ2) is 10.6. The van der Waals surface area contributed by atoms with Gasteiger partial charge in [-0.25, -0.2) is 14.5 Å². The topological polar surface area (TPSA) is 130 Å². The Hall–Kier alpha value is -4.25. The minimum absolute atomic E-state index is 0.0188. The van der Waals surface area contributed by atoms with Crippen molar-refractivity contribution in [2.75, 3.05) is 31.5 Å². The van der Waals surface area contributed by atoms with Crippen molar-refractivity contribution in [2.24, 2.45) is 0 Å². The lowest BCUT2D eigenvalue weighted by atomic mass is 10.1. The van der Waals surface area contributed by atoms with Gasteiger partial charge in [-0.3, -0.25) is 14.9 Å². The zero-order valence-corrected chi connectivity index (χ0v) is 20.0. The van der Waals surface area contributed by atoms with Gasteiger partial charge in [0.05, 0.1) is 23.9 Å². The van der Waals surface area contributed by atoms with Crippen LogP contribution in [0.15, 0.2) is 35.9 Å². The van der Waals surface area contributed by atoms with Crippen molar-refractivity contribution in [3.05, 3.63) is 46.5 Å². The third-order valence-electron chi connectivity index (χ3n) is 5.00. The summed E-state index contributed by atoms with van der Waals surface area (Å²) in [7, 11) is 0. The molecule has 0 aromatic heterocycles. The number of hydrogen-bond donors (Lipinski definition) is 1. The van der Waals surface area contributed by atoms with E-state index in [1.165, 1.54) is 30.3 Å². The number of benzene rings is 2. The first-order valence-electron chi connectivity index (χ1n) is 10.9. The molecule has 36 heavy (non-hydrogen) atoms. The van der Waals surface area contributed by atoms with Crippen LogP contribution in [0.1, 0.15) is 19.4 Å². The second-order valence-corrected chi connectivity index (χ2v) is 7.76. The van der Waals surface area contributed by atoms with Gasteiger partial charge >= 0.3 is 12.0 Å². The molecule has 1 N–H and O–H groups in total. The number of urea groups is 1. The standard InChI is InChI=1S/C24H21ClN2O9/c1-3-32-19-9-13(8-16(25)21(19)34-11-20(28)33-4-2)7-15-22(29)26-24(31)27(23(15)30)14-5-6-17-18(10-14)36-12-35-17/h5-10H,3-4,11-12H2,1-2H3,(H,26,29,31)/b15-7+. The number of anilines is 1. The van der Waals surface area contributed by atoms with Gasteiger partial charge in [0.25, 0.3) is 11.8 Å². The van der Waals surface area contributed by atoms with Crippen molar-refractivity contribution in [2.45, 2.75) is 13.8 Å². The summed E-state index contributed by atoms with van der Waals surface area (Å²) in [6.45, 7) is 3.48. The molecule has 0 aliphatic carbocycles. The first-order valence-corrected chi connectivity index (χ1v) is 11.3. The number of rotatable bonds is 8. The second-order valence-electron chi connectivity index (χ2n) is 7.35. The molecular weight excluding hydrogens is 496 g/mol. The van der Waals surface area contributed by atoms with Crippen LogP contribution in [-0.4, -0.2) is 50.4 Å². The van der Waals surface area contributed by atoms with Crippen molar-refractivity contribution in [1.29, 1.82) is 0 Å². The predicted molar refractivity (Wildman–Crippen MR) is 126 cm³/mol. The minimum atomic E-state index is -0.906. The number of hydrogen-bond acceptors (Lipinski definition) is 9. The summed E-state index contributed by atoms with van der Waals surface area (Å²) in [4.78, 5) is 50.8. The van der Waals surface area contributed by atoms with Gasteiger partial charge in [0, 0.05) is 6.07 Å². The van der Waals surface area contributed by atoms with Gasteiger partial charge in [0.2, 0.25) is 6.79 Å². The SMILES string of the molecule is CCOC(=O)COc1c(Cl)cc(/C=C2\C(=O)NC(=O)N(c3ccc4c(c3)OCO4)C2=O)cc1OCC. The van der Waals surface area contributed by atoms with Gasteiger partial charge in [0.15, 0.2) is 29.6 Å². The summed E-state index contributed by atoms with van der Waals surface area (Å²) in [5, 5.41) is 2.23. The summed E-state index contributed by atoms with van der Waals surface area (Å²) in [6, 6.07) is 6.54. The van der Waals surface area contributed by atoms with Crippen LogP contribution in [0.5, 0.6) is 23.0 Å². The molecule has 12 heteroatoms. The number of amides is 4. The third-order valence-corrected chi connectivity index (χ3v) is 5.28. The van der Waals surface area contributed by atoms with E-state index in [0.717, 1.165) is 4.90 Å². The number of nitrogens with one attached hydrogen (secondary N) is 1. The quantitative estimate of drug-likeness (QED) is 0.319. The molecule has 2 aliphatic rings. The molecule has 2 heterocycles. The maximum absolute atomic E-state index is 13.2. The van der Waals surface area contributed by atoms with E-state index in [-0.39, 0.29) is 54.4 Å². The van der Waals surface area contributed by atoms with E-state index in [4.69, 9.17) is 35.3 Å². The van der Waals surface area contributed by atoms with Crippen molar-refractivity contribution >= 4 is 47.2 Å². The molecule has 0 atom stereocenters. The van der Waals surface area contributed by atoms with Crippen molar-refractivity contribution in [1.82, 2.24) is 5.32 Å². The monoisotopic (exact) mass is 516 g/mol. The summed E-state index contributed by atoms with van der Waals surface area (Å²) >= 11 is 6.36. The van der Waals surface area contributed by atoms with Crippen LogP contribution in [0.2, 0.25) is 5.02 Å². The highest BCUT2D eigenvalue weighted by Gasteiger charge is 2.37. The molecule has 1 fully saturated rings. The number of nitrogens with zero attached hydrogens (tertiary/aromatic N) is 1. The van der Waals surface area contributed by atoms with Gasteiger partial charge in [-0.1, -0.05) is 11.6 Å². The van der Waals surface area contributed by atoms with Crippen LogP contribution < -0.4 is 29.2 Å². The summed E-state index contributed by atoms with van der Waals surface area (Å²) < 4.78 is 26.5. The zero-order chi connectivity index (χ0) is 25.8. The Morgan fingerprint density at radius 1 is 1.08 bits per heavy atom. The zero-order valence-electron chi connectivity index (χ0n) is 19.3. The Morgan fingerprint density at radius 3 is 2.61 bits per heavy atom. The van der Waals surface area contributed by atoms with Gasteiger partial charge in [-0.05, 0) is 49.8 Å². The van der Waals surface area contributed by atoms with Gasteiger partial charge in [-0.15, -0.1) is 0 Å². The summed E-state index contributed by atoms with van der Waals surface area (Å²) in [5.41, 5.74) is 0.201. The average molecular weight is 517 g/mol. The van der Waals surface area contributed by atoms with Crippen LogP contribution in [0.25, 0.3) is 6.08 Å². The van der Waals surface area contributed by atoms with Gasteiger partial charge in [0.1, 0.15) is 5.57 Å². The van der Waals surface area contributed by atoms with E-state index in [1.54, 1.807) is 19.9 Å². The molecule has 11 nitrogen and oxygen atoms in total. The molecular formula is C24H21ClN2O9. The number of carbonyl (C=O) groups is 4. The predicted octanol–water partition coefficient (Wildman–Crippen LogP) is 3.08. The fraction of sp³-hybridized carbons (Fsp3) is 0.250. The summed E-state index contributed by atoms with van der Waals surface area (Å²) in [5.74, 6) is -1.18. The molecule has 2 aliphatic heterocycles. The smallest absolute Gasteiger partial charge is 0.344 e. The molecule has 0 bridgehead atoms. The number of barbiturate groups is 1. The maximum Gasteiger partial charge on any atom is 0.344 e. The van der Waals surface area contributed by atoms with Crippen LogP contribution in [0.3, 0.4) is 0 Å². The number of carbonyl (C=O) groups excluding carboxylic acids is 4. The molecule has 0 unspecified atom stereocenters. The van der Waals surface area contributed by atoms with Crippen molar-refractivity contribution in [3.8, 4) is 23.0 Å². The molecule has 2 aromatic carbocycles. The lowest BCUT2D eigenvalue weighted by Gasteiger charge is -2.26. The molecule has 1 saturated heterocycles. The van der Waals surface area contributed by atoms with E-state index in [0.29, 0.717) is 17.1 Å². The number of imide groups is 2. The number of fused-ring (bicyclic) bond motifs is 1. The minimum Gasteiger partial charge on any atom is -0.490 e. The molecule has 4 rings (SSSR count). The van der Waals surface area contributed by atoms with E-state index >= 15 is 0 Å². The van der Waals surface area contributed by atoms with Gasteiger partial charge < -0.3 is 23.7 Å². The average Bonchev–Trinajstić information content (AvgIpc) is 3.29. The Kier molecular flexibility index (Phi) is 7.30.